The van der Waals surface area contributed by atoms with Gasteiger partial charge in [-0.15, -0.1) is 0 Å². The third kappa shape index (κ3) is 7.38. The van der Waals surface area contributed by atoms with Crippen LogP contribution in [-0.4, -0.2) is 47.6 Å². The van der Waals surface area contributed by atoms with Gasteiger partial charge in [0.05, 0.1) is 23.5 Å². The van der Waals surface area contributed by atoms with E-state index in [-0.39, 0.29) is 18.8 Å². The van der Waals surface area contributed by atoms with Crippen molar-refractivity contribution in [1.29, 1.82) is 0 Å². The molecule has 3 heterocycles. The second-order valence-electron chi connectivity index (χ2n) is 11.4. The van der Waals surface area contributed by atoms with Crippen molar-refractivity contribution >= 4 is 17.2 Å². The van der Waals surface area contributed by atoms with Crippen LogP contribution < -0.4 is 10.1 Å². The smallest absolute Gasteiger partial charge is 0.170 e. The Morgan fingerprint density at radius 1 is 0.833 bits per heavy atom. The lowest BCUT2D eigenvalue weighted by molar-refractivity contribution is 0.0998. The Bertz CT molecular complexity index is 1490. The maximum Gasteiger partial charge on any atom is 0.170 e. The number of piperidine rings is 1. The number of aliphatic imine (C=N–C) groups is 1. The van der Waals surface area contributed by atoms with Crippen molar-refractivity contribution in [1.82, 2.24) is 15.2 Å². The van der Waals surface area contributed by atoms with E-state index in [1.165, 1.54) is 29.5 Å². The fourth-order valence-electron chi connectivity index (χ4n) is 5.82. The fraction of sp³-hybridized carbons (Fsp3) is 0.306. The van der Waals surface area contributed by atoms with Crippen molar-refractivity contribution in [3.05, 3.63) is 125 Å². The molecule has 6 nitrogen and oxygen atoms in total. The van der Waals surface area contributed by atoms with Gasteiger partial charge in [0.15, 0.2) is 5.78 Å². The molecule has 1 N–H and O–H groups in total. The quantitative estimate of drug-likeness (QED) is 0.230. The number of benzene rings is 3. The average molecular weight is 559 g/mol. The van der Waals surface area contributed by atoms with Gasteiger partial charge in [0.25, 0.3) is 0 Å². The summed E-state index contributed by atoms with van der Waals surface area (Å²) >= 11 is 0. The van der Waals surface area contributed by atoms with Gasteiger partial charge in [-0.1, -0.05) is 72.8 Å². The summed E-state index contributed by atoms with van der Waals surface area (Å²) in [6.07, 6.45) is 5.26. The van der Waals surface area contributed by atoms with Crippen molar-refractivity contribution < 1.29 is 9.53 Å². The Morgan fingerprint density at radius 3 is 2.26 bits per heavy atom. The number of nitrogens with zero attached hydrogens (tertiary/aromatic N) is 3. The highest BCUT2D eigenvalue weighted by Gasteiger charge is 2.24. The van der Waals surface area contributed by atoms with E-state index in [2.05, 4.69) is 81.9 Å². The number of hydrogen-bond donors (Lipinski definition) is 1. The van der Waals surface area contributed by atoms with Crippen LogP contribution in [0.15, 0.2) is 102 Å². The van der Waals surface area contributed by atoms with Gasteiger partial charge >= 0.3 is 0 Å². The Kier molecular flexibility index (Phi) is 9.13. The number of rotatable bonds is 11. The summed E-state index contributed by atoms with van der Waals surface area (Å²) in [5.41, 5.74) is 6.80. The van der Waals surface area contributed by atoms with E-state index in [4.69, 9.17) is 9.73 Å². The standard InChI is InChI=1S/C36H38N4O2/c41-35-22-31(26-42-32-13-11-28(12-14-32)21-27-7-3-1-4-8-27)39-36-33(35)15-18-38-34(36)24-37-23-29-16-19-40(20-17-29)25-30-9-5-2-6-10-30/h1-15,18,29,37H,16-17,19-26H2. The highest BCUT2D eigenvalue weighted by atomic mass is 16.5. The Balaban J connectivity index is 1.00. The molecule has 6 rings (SSSR count). The Morgan fingerprint density at radius 2 is 1.52 bits per heavy atom. The summed E-state index contributed by atoms with van der Waals surface area (Å²) in [5, 5.41) is 3.60. The zero-order chi connectivity index (χ0) is 28.6. The van der Waals surface area contributed by atoms with Gasteiger partial charge in [-0.25, -0.2) is 0 Å². The first-order valence-corrected chi connectivity index (χ1v) is 15.0. The molecule has 0 amide bonds. The molecule has 0 atom stereocenters. The number of pyridine rings is 1. The summed E-state index contributed by atoms with van der Waals surface area (Å²) in [6.45, 7) is 5.10. The number of aromatic nitrogens is 1. The predicted molar refractivity (Wildman–Crippen MR) is 168 cm³/mol. The molecular weight excluding hydrogens is 520 g/mol. The molecule has 214 valence electrons. The van der Waals surface area contributed by atoms with Crippen LogP contribution in [0, 0.1) is 5.92 Å². The molecule has 2 aliphatic rings. The van der Waals surface area contributed by atoms with E-state index in [9.17, 15) is 4.79 Å². The van der Waals surface area contributed by atoms with Gasteiger partial charge in [0.2, 0.25) is 0 Å². The van der Waals surface area contributed by atoms with Gasteiger partial charge in [0.1, 0.15) is 12.4 Å². The first-order valence-electron chi connectivity index (χ1n) is 15.0. The van der Waals surface area contributed by atoms with Gasteiger partial charge in [0, 0.05) is 24.8 Å². The van der Waals surface area contributed by atoms with Crippen molar-refractivity contribution in [2.45, 2.75) is 38.8 Å². The lowest BCUT2D eigenvalue weighted by Gasteiger charge is -2.32. The van der Waals surface area contributed by atoms with Gasteiger partial charge in [-0.3, -0.25) is 19.7 Å². The number of hydrogen-bond acceptors (Lipinski definition) is 6. The number of ether oxygens (including phenoxy) is 1. The molecule has 0 radical (unpaired) electrons. The van der Waals surface area contributed by atoms with Gasteiger partial charge in [-0.05, 0) is 79.7 Å². The normalized spacial score (nSPS) is 15.7. The molecule has 0 bridgehead atoms. The molecule has 0 spiro atoms. The van der Waals surface area contributed by atoms with Crippen LogP contribution in [0.2, 0.25) is 0 Å². The molecule has 1 fully saturated rings. The van der Waals surface area contributed by atoms with Crippen LogP contribution in [0.3, 0.4) is 0 Å². The van der Waals surface area contributed by atoms with Gasteiger partial charge in [-0.2, -0.15) is 0 Å². The van der Waals surface area contributed by atoms with Crippen molar-refractivity contribution in [2.75, 3.05) is 26.2 Å². The fourth-order valence-corrected chi connectivity index (χ4v) is 5.82. The van der Waals surface area contributed by atoms with Crippen molar-refractivity contribution in [2.24, 2.45) is 10.9 Å². The maximum atomic E-state index is 13.0. The zero-order valence-electron chi connectivity index (χ0n) is 24.0. The minimum absolute atomic E-state index is 0.0752. The van der Waals surface area contributed by atoms with Crippen molar-refractivity contribution in [3.63, 3.8) is 0 Å². The number of carbonyl (C=O) groups excluding carboxylic acids is 1. The molecule has 6 heteroatoms. The number of fused-ring (bicyclic) bond motifs is 1. The summed E-state index contributed by atoms with van der Waals surface area (Å²) < 4.78 is 6.04. The third-order valence-electron chi connectivity index (χ3n) is 8.20. The minimum Gasteiger partial charge on any atom is -0.488 e. The van der Waals surface area contributed by atoms with E-state index in [0.717, 1.165) is 49.8 Å². The molecule has 0 aliphatic carbocycles. The summed E-state index contributed by atoms with van der Waals surface area (Å²) in [4.78, 5) is 25.0. The monoisotopic (exact) mass is 558 g/mol. The minimum atomic E-state index is 0.0752. The highest BCUT2D eigenvalue weighted by Crippen LogP contribution is 2.29. The SMILES string of the molecule is O=C1CC(COc2ccc(Cc3ccccc3)cc2)=Nc2c1ccnc2CNCC1CCN(Cc2ccccc2)CC1. The second-order valence-corrected chi connectivity index (χ2v) is 11.4. The number of ketones is 1. The van der Waals surface area contributed by atoms with E-state index in [1.807, 2.05) is 18.2 Å². The predicted octanol–water partition coefficient (Wildman–Crippen LogP) is 6.41. The number of likely N-dealkylation sites (tertiary alicyclic amines) is 1. The van der Waals surface area contributed by atoms with E-state index in [0.29, 0.717) is 23.7 Å². The van der Waals surface area contributed by atoms with Crippen LogP contribution >= 0.6 is 0 Å². The average Bonchev–Trinajstić information content (AvgIpc) is 3.03. The van der Waals surface area contributed by atoms with Gasteiger partial charge < -0.3 is 10.1 Å². The lowest BCUT2D eigenvalue weighted by Crippen LogP contribution is -2.36. The molecule has 2 aliphatic heterocycles. The lowest BCUT2D eigenvalue weighted by atomic mass is 9.96. The molecule has 1 aromatic heterocycles. The number of Topliss-reactive ketones (excluding diaryl/α,β-unsaturated/α-hetero) is 1. The topological polar surface area (TPSA) is 66.8 Å². The van der Waals surface area contributed by atoms with Crippen LogP contribution in [0.4, 0.5) is 5.69 Å². The molecule has 4 aromatic rings. The molecular formula is C36H38N4O2. The van der Waals surface area contributed by atoms with E-state index >= 15 is 0 Å². The highest BCUT2D eigenvalue weighted by molar-refractivity contribution is 6.16. The second kappa shape index (κ2) is 13.7. The van der Waals surface area contributed by atoms with Crippen LogP contribution in [0.5, 0.6) is 5.75 Å². The van der Waals surface area contributed by atoms with Crippen LogP contribution in [-0.2, 0) is 19.5 Å². The van der Waals surface area contributed by atoms with Crippen molar-refractivity contribution in [3.8, 4) is 5.75 Å². The van der Waals surface area contributed by atoms with Crippen LogP contribution in [0.25, 0.3) is 0 Å². The number of nitrogens with one attached hydrogen (secondary N) is 1. The summed E-state index contributed by atoms with van der Waals surface area (Å²) in [5.74, 6) is 1.49. The molecule has 1 saturated heterocycles. The first-order chi connectivity index (χ1) is 20.7. The number of carbonyl (C=O) groups is 1. The van der Waals surface area contributed by atoms with E-state index < -0.39 is 0 Å². The molecule has 42 heavy (non-hydrogen) atoms. The largest absolute Gasteiger partial charge is 0.488 e. The first kappa shape index (κ1) is 28.0. The summed E-state index contributed by atoms with van der Waals surface area (Å²) in [6, 6.07) is 31.1. The van der Waals surface area contributed by atoms with Crippen LogP contribution in [0.1, 0.15) is 52.0 Å². The molecule has 3 aromatic carbocycles. The maximum absolute atomic E-state index is 13.0. The summed E-state index contributed by atoms with van der Waals surface area (Å²) in [7, 11) is 0. The molecule has 0 saturated carbocycles. The zero-order valence-corrected chi connectivity index (χ0v) is 24.0. The Labute approximate surface area is 248 Å². The third-order valence-corrected chi connectivity index (χ3v) is 8.20. The Hall–Kier alpha value is -4.13. The molecule has 0 unspecified atom stereocenters. The van der Waals surface area contributed by atoms with E-state index in [1.54, 1.807) is 12.3 Å².